The predicted molar refractivity (Wildman–Crippen MR) is 119 cm³/mol. The maximum absolute atomic E-state index is 13.4. The predicted octanol–water partition coefficient (Wildman–Crippen LogP) is 3.17. The molecule has 1 amide bonds. The van der Waals surface area contributed by atoms with E-state index in [1.807, 2.05) is 39.4 Å². The zero-order chi connectivity index (χ0) is 20.3. The van der Waals surface area contributed by atoms with Crippen LogP contribution in [0.4, 0.5) is 0 Å². The first-order valence-electron chi connectivity index (χ1n) is 10.9. The molecule has 0 aromatic carbocycles. The van der Waals surface area contributed by atoms with Gasteiger partial charge in [0.25, 0.3) is 5.91 Å². The molecule has 0 fully saturated rings. The van der Waals surface area contributed by atoms with Crippen molar-refractivity contribution in [1.82, 2.24) is 25.0 Å². The molecule has 6 nitrogen and oxygen atoms in total. The summed E-state index contributed by atoms with van der Waals surface area (Å²) in [5.74, 6) is 0.150. The van der Waals surface area contributed by atoms with Crippen LogP contribution in [0.15, 0.2) is 36.0 Å². The molecule has 1 aliphatic carbocycles. The summed E-state index contributed by atoms with van der Waals surface area (Å²) in [6.07, 6.45) is 8.54. The highest BCUT2D eigenvalue weighted by Gasteiger charge is 2.32. The number of hydrogen-bond donors (Lipinski definition) is 1. The molecule has 2 aliphatic rings. The molecule has 0 unspecified atom stereocenters. The smallest absolute Gasteiger partial charge is 0.272 e. The van der Waals surface area contributed by atoms with Gasteiger partial charge in [-0.2, -0.15) is 5.10 Å². The third-order valence-electron chi connectivity index (χ3n) is 6.05. The van der Waals surface area contributed by atoms with Crippen LogP contribution < -0.4 is 5.32 Å². The summed E-state index contributed by atoms with van der Waals surface area (Å²) in [5, 5.41) is 10.5. The van der Waals surface area contributed by atoms with Crippen molar-refractivity contribution in [2.24, 2.45) is 0 Å². The van der Waals surface area contributed by atoms with Crippen molar-refractivity contribution in [1.29, 1.82) is 0 Å². The molecule has 0 saturated heterocycles. The summed E-state index contributed by atoms with van der Waals surface area (Å²) >= 11 is 1.81. The molecule has 0 spiro atoms. The number of thiophene rings is 1. The fourth-order valence-electron chi connectivity index (χ4n) is 4.53. The maximum atomic E-state index is 13.4. The van der Waals surface area contributed by atoms with Crippen molar-refractivity contribution < 1.29 is 4.79 Å². The lowest BCUT2D eigenvalue weighted by molar-refractivity contribution is 0.0754. The van der Waals surface area contributed by atoms with Crippen LogP contribution in [0.2, 0.25) is 0 Å². The Balaban J connectivity index is 1.23. The van der Waals surface area contributed by atoms with Gasteiger partial charge < -0.3 is 10.2 Å². The Hall–Kier alpha value is -2.51. The van der Waals surface area contributed by atoms with Crippen molar-refractivity contribution in [3.8, 4) is 11.3 Å². The average Bonchev–Trinajstić information content (AvgIpc) is 3.39. The summed E-state index contributed by atoms with van der Waals surface area (Å²) < 4.78 is 1.96. The molecule has 1 N–H and O–H groups in total. The molecule has 0 atom stereocenters. The van der Waals surface area contributed by atoms with E-state index in [1.54, 1.807) is 0 Å². The number of carbonyl (C=O) groups is 1. The van der Waals surface area contributed by atoms with Crippen molar-refractivity contribution in [3.63, 3.8) is 0 Å². The number of aromatic nitrogens is 3. The normalized spacial score (nSPS) is 15.5. The quantitative estimate of drug-likeness (QED) is 0.595. The van der Waals surface area contributed by atoms with E-state index in [0.717, 1.165) is 87.3 Å². The summed E-state index contributed by atoms with van der Waals surface area (Å²) in [6, 6.07) is 6.31. The Morgan fingerprint density at radius 2 is 2.13 bits per heavy atom. The number of nitrogens with zero attached hydrogens (tertiary/aromatic N) is 4. The highest BCUT2D eigenvalue weighted by atomic mass is 32.1. The molecule has 0 bridgehead atoms. The van der Waals surface area contributed by atoms with Gasteiger partial charge in [-0.25, -0.2) is 0 Å². The lowest BCUT2D eigenvalue weighted by atomic mass is 9.90. The maximum Gasteiger partial charge on any atom is 0.272 e. The minimum absolute atomic E-state index is 0.150. The van der Waals surface area contributed by atoms with Crippen LogP contribution in [0.3, 0.4) is 0 Å². The number of rotatable bonds is 7. The number of nitrogens with one attached hydrogen (secondary N) is 1. The minimum atomic E-state index is 0.150. The number of carbonyl (C=O) groups excluding carboxylic acids is 1. The molecule has 5 rings (SSSR count). The number of aryl methyl sites for hydroxylation is 2. The first-order chi connectivity index (χ1) is 14.8. The Morgan fingerprint density at radius 3 is 3.03 bits per heavy atom. The van der Waals surface area contributed by atoms with Gasteiger partial charge in [0.2, 0.25) is 0 Å². The molecule has 4 heterocycles. The second kappa shape index (κ2) is 8.70. The molecular formula is C23H27N5OS. The van der Waals surface area contributed by atoms with Gasteiger partial charge in [0.05, 0.1) is 5.69 Å². The van der Waals surface area contributed by atoms with E-state index >= 15 is 0 Å². The topological polar surface area (TPSA) is 63.1 Å². The van der Waals surface area contributed by atoms with Crippen LogP contribution in [-0.4, -0.2) is 51.8 Å². The first kappa shape index (κ1) is 19.5. The fourth-order valence-corrected chi connectivity index (χ4v) is 5.24. The Kier molecular flexibility index (Phi) is 5.64. The largest absolute Gasteiger partial charge is 0.337 e. The van der Waals surface area contributed by atoms with Crippen molar-refractivity contribution in [2.75, 3.05) is 26.2 Å². The van der Waals surface area contributed by atoms with Crippen molar-refractivity contribution in [3.05, 3.63) is 57.7 Å². The molecule has 30 heavy (non-hydrogen) atoms. The molecular weight excluding hydrogens is 394 g/mol. The third kappa shape index (κ3) is 3.79. The lowest BCUT2D eigenvalue weighted by Gasteiger charge is -2.22. The van der Waals surface area contributed by atoms with Gasteiger partial charge in [0.15, 0.2) is 0 Å². The van der Waals surface area contributed by atoms with E-state index < -0.39 is 0 Å². The van der Waals surface area contributed by atoms with Gasteiger partial charge in [0.1, 0.15) is 5.69 Å². The van der Waals surface area contributed by atoms with E-state index in [-0.39, 0.29) is 5.91 Å². The van der Waals surface area contributed by atoms with Gasteiger partial charge >= 0.3 is 0 Å². The Bertz CT molecular complexity index is 1030. The highest BCUT2D eigenvalue weighted by Crippen LogP contribution is 2.35. The monoisotopic (exact) mass is 421 g/mol. The average molecular weight is 422 g/mol. The molecule has 0 radical (unpaired) electrons. The van der Waals surface area contributed by atoms with Gasteiger partial charge in [-0.1, -0.05) is 6.07 Å². The van der Waals surface area contributed by atoms with Crippen molar-refractivity contribution in [2.45, 2.75) is 38.6 Å². The Morgan fingerprint density at radius 1 is 1.17 bits per heavy atom. The van der Waals surface area contributed by atoms with Gasteiger partial charge in [-0.15, -0.1) is 11.3 Å². The number of hydrogen-bond acceptors (Lipinski definition) is 5. The molecule has 156 valence electrons. The number of fused-ring (bicyclic) bond motifs is 5. The van der Waals surface area contributed by atoms with E-state index in [2.05, 4.69) is 27.8 Å². The van der Waals surface area contributed by atoms with Crippen LogP contribution in [-0.2, 0) is 25.8 Å². The Labute approximate surface area is 180 Å². The second-order valence-corrected chi connectivity index (χ2v) is 9.04. The summed E-state index contributed by atoms with van der Waals surface area (Å²) in [7, 11) is 0. The van der Waals surface area contributed by atoms with Crippen LogP contribution in [0.1, 0.15) is 39.3 Å². The minimum Gasteiger partial charge on any atom is -0.337 e. The van der Waals surface area contributed by atoms with Gasteiger partial charge in [-0.05, 0) is 68.3 Å². The molecule has 3 aromatic rings. The second-order valence-electron chi connectivity index (χ2n) is 8.01. The number of amides is 1. The van der Waals surface area contributed by atoms with Gasteiger partial charge in [0, 0.05) is 48.0 Å². The molecule has 0 saturated carbocycles. The van der Waals surface area contributed by atoms with E-state index in [9.17, 15) is 4.79 Å². The van der Waals surface area contributed by atoms with E-state index in [4.69, 9.17) is 5.10 Å². The number of pyridine rings is 1. The SMILES string of the molecule is O=C1c2c3c(nn2CCCN1CCCNCCc1cccs1)-c1ccncc1CC3. The van der Waals surface area contributed by atoms with Gasteiger partial charge in [-0.3, -0.25) is 14.5 Å². The molecule has 7 heteroatoms. The molecule has 3 aromatic heterocycles. The summed E-state index contributed by atoms with van der Waals surface area (Å²) in [5.41, 5.74) is 5.30. The lowest BCUT2D eigenvalue weighted by Crippen LogP contribution is -2.34. The summed E-state index contributed by atoms with van der Waals surface area (Å²) in [4.78, 5) is 21.1. The fraction of sp³-hybridized carbons (Fsp3) is 0.435. The van der Waals surface area contributed by atoms with E-state index in [0.29, 0.717) is 0 Å². The summed E-state index contributed by atoms with van der Waals surface area (Å²) in [6.45, 7) is 4.35. The van der Waals surface area contributed by atoms with Crippen LogP contribution >= 0.6 is 11.3 Å². The van der Waals surface area contributed by atoms with E-state index in [1.165, 1.54) is 10.4 Å². The van der Waals surface area contributed by atoms with Crippen LogP contribution in [0.25, 0.3) is 11.3 Å². The first-order valence-corrected chi connectivity index (χ1v) is 11.7. The zero-order valence-electron chi connectivity index (χ0n) is 17.1. The zero-order valence-corrected chi connectivity index (χ0v) is 18.0. The van der Waals surface area contributed by atoms with Crippen LogP contribution in [0.5, 0.6) is 0 Å². The third-order valence-corrected chi connectivity index (χ3v) is 6.99. The van der Waals surface area contributed by atoms with Crippen LogP contribution in [0, 0.1) is 0 Å². The standard InChI is InChI=1S/C23H27N5OS/c29-23-22-20-6-5-17-16-25-11-8-19(17)21(20)26-28(22)14-3-13-27(23)12-2-9-24-10-7-18-4-1-15-30-18/h1,4,8,11,15-16,24H,2-3,5-7,9-10,12-14H2. The molecule has 1 aliphatic heterocycles. The highest BCUT2D eigenvalue weighted by molar-refractivity contribution is 7.09. The van der Waals surface area contributed by atoms with Crippen molar-refractivity contribution >= 4 is 17.2 Å².